The Morgan fingerprint density at radius 2 is 0.900 bits per heavy atom. The van der Waals surface area contributed by atoms with E-state index in [1.54, 1.807) is 83.7 Å². The quantitative estimate of drug-likeness (QED) is 0.188. The number of aromatic nitrogens is 3. The molecular formula is C40H18F3N7. The van der Waals surface area contributed by atoms with Gasteiger partial charge in [0.1, 0.15) is 0 Å². The second-order valence-electron chi connectivity index (χ2n) is 11.7. The summed E-state index contributed by atoms with van der Waals surface area (Å²) in [5, 5.41) is 41.3. The largest absolute Gasteiger partial charge is 0.416 e. The van der Waals surface area contributed by atoms with E-state index in [9.17, 15) is 34.2 Å². The number of alkyl halides is 3. The molecule has 0 unspecified atom stereocenters. The Balaban J connectivity index is 1.49. The van der Waals surface area contributed by atoms with Crippen LogP contribution >= 0.6 is 0 Å². The van der Waals surface area contributed by atoms with Gasteiger partial charge in [-0.25, -0.2) is 0 Å². The van der Waals surface area contributed by atoms with Gasteiger partial charge in [0.25, 0.3) is 0 Å². The van der Waals surface area contributed by atoms with Crippen LogP contribution in [0.15, 0.2) is 109 Å². The van der Waals surface area contributed by atoms with Crippen LogP contribution in [0.3, 0.4) is 0 Å². The summed E-state index contributed by atoms with van der Waals surface area (Å²) in [5.74, 6) is 0. The Kier molecular flexibility index (Phi) is 6.65. The minimum absolute atomic E-state index is 0.211. The first-order valence-corrected chi connectivity index (χ1v) is 15.2. The van der Waals surface area contributed by atoms with Crippen molar-refractivity contribution < 1.29 is 13.2 Å². The van der Waals surface area contributed by atoms with E-state index in [0.29, 0.717) is 60.9 Å². The fraction of sp³-hybridized carbons (Fsp3) is 0.0250. The zero-order chi connectivity index (χ0) is 34.7. The van der Waals surface area contributed by atoms with E-state index < -0.39 is 11.7 Å². The number of hydrogen-bond acceptors (Lipinski definition) is 5. The fourth-order valence-corrected chi connectivity index (χ4v) is 6.75. The Morgan fingerprint density at radius 3 is 1.30 bits per heavy atom. The first-order chi connectivity index (χ1) is 24.2. The monoisotopic (exact) mass is 653 g/mol. The zero-order valence-electron chi connectivity index (χ0n) is 25.7. The summed E-state index contributed by atoms with van der Waals surface area (Å²) in [6.45, 7) is 0. The molecule has 5 aromatic carbocycles. The maximum atomic E-state index is 14.4. The first kappa shape index (κ1) is 30.0. The van der Waals surface area contributed by atoms with Gasteiger partial charge in [0, 0.05) is 45.1 Å². The van der Waals surface area contributed by atoms with Gasteiger partial charge in [-0.3, -0.25) is 4.98 Å². The number of benzene rings is 5. The highest BCUT2D eigenvalue weighted by Crippen LogP contribution is 2.43. The molecule has 0 bridgehead atoms. The number of rotatable bonds is 3. The Hall–Kier alpha value is -7.40. The van der Waals surface area contributed by atoms with Gasteiger partial charge in [-0.2, -0.15) is 34.2 Å². The SMILES string of the molecule is N#Cc1ccc2c(c1)c1cc(C#N)ccc1n2-c1ccncc1-c1ccc(C(F)(F)F)cc1-n1c2ccc(C#N)cc2c2cc(C#N)ccc21. The molecule has 0 aliphatic rings. The van der Waals surface area contributed by atoms with Crippen LogP contribution in [-0.4, -0.2) is 14.1 Å². The second kappa shape index (κ2) is 11.1. The van der Waals surface area contributed by atoms with Gasteiger partial charge in [-0.1, -0.05) is 6.07 Å². The number of halogens is 3. The van der Waals surface area contributed by atoms with Gasteiger partial charge in [-0.05, 0) is 91.0 Å². The van der Waals surface area contributed by atoms with E-state index >= 15 is 0 Å². The van der Waals surface area contributed by atoms with E-state index in [4.69, 9.17) is 0 Å². The van der Waals surface area contributed by atoms with Crippen molar-refractivity contribution in [3.63, 3.8) is 0 Å². The fourth-order valence-electron chi connectivity index (χ4n) is 6.75. The predicted molar refractivity (Wildman–Crippen MR) is 182 cm³/mol. The summed E-state index contributed by atoms with van der Waals surface area (Å²) in [6.07, 6.45) is -1.46. The number of hydrogen-bond donors (Lipinski definition) is 0. The molecule has 3 aromatic heterocycles. The Morgan fingerprint density at radius 1 is 0.480 bits per heavy atom. The second-order valence-corrected chi connectivity index (χ2v) is 11.7. The summed E-state index contributed by atoms with van der Waals surface area (Å²) in [7, 11) is 0. The zero-order valence-corrected chi connectivity index (χ0v) is 25.7. The molecular weight excluding hydrogens is 635 g/mol. The third kappa shape index (κ3) is 4.53. The van der Waals surface area contributed by atoms with E-state index in [1.165, 1.54) is 6.07 Å². The topological polar surface area (TPSA) is 118 Å². The van der Waals surface area contributed by atoms with Crippen LogP contribution in [0.2, 0.25) is 0 Å². The molecule has 50 heavy (non-hydrogen) atoms. The summed E-state index contributed by atoms with van der Waals surface area (Å²) in [4.78, 5) is 4.41. The lowest BCUT2D eigenvalue weighted by Crippen LogP contribution is -2.08. The van der Waals surface area contributed by atoms with Gasteiger partial charge in [0.15, 0.2) is 0 Å². The molecule has 3 heterocycles. The molecule has 234 valence electrons. The third-order valence-corrected chi connectivity index (χ3v) is 8.94. The van der Waals surface area contributed by atoms with Crippen LogP contribution in [0, 0.1) is 45.3 Å². The van der Waals surface area contributed by atoms with Crippen LogP contribution in [-0.2, 0) is 6.18 Å². The molecule has 0 atom stereocenters. The standard InChI is InChI=1S/C40H18F3N7/c41-40(42,43)27-5-6-28(39(17-27)50-36-9-3-25(20-46)15-31(36)32-16-26(21-47)4-10-37(32)50)33-22-48-12-11-38(33)49-34-7-1-23(18-44)13-29(34)30-14-24(19-45)2-8-35(30)49/h1-17,22H. The average molecular weight is 654 g/mol. The summed E-state index contributed by atoms with van der Waals surface area (Å²) >= 11 is 0. The van der Waals surface area contributed by atoms with Crippen molar-refractivity contribution in [1.82, 2.24) is 14.1 Å². The predicted octanol–water partition coefficient (Wildman–Crippen LogP) is 9.45. The molecule has 0 radical (unpaired) electrons. The highest BCUT2D eigenvalue weighted by molar-refractivity contribution is 6.12. The Labute approximate surface area is 281 Å². The Bertz CT molecular complexity index is 2780. The summed E-state index contributed by atoms with van der Waals surface area (Å²) in [6, 6.07) is 34.4. The highest BCUT2D eigenvalue weighted by Gasteiger charge is 2.32. The molecule has 7 nitrogen and oxygen atoms in total. The number of pyridine rings is 1. The highest BCUT2D eigenvalue weighted by atomic mass is 19.4. The number of nitriles is 4. The van der Waals surface area contributed by atoms with E-state index in [-0.39, 0.29) is 5.69 Å². The molecule has 10 heteroatoms. The minimum atomic E-state index is -4.66. The van der Waals surface area contributed by atoms with Gasteiger partial charge >= 0.3 is 6.18 Å². The van der Waals surface area contributed by atoms with Crippen molar-refractivity contribution in [3.8, 4) is 46.8 Å². The van der Waals surface area contributed by atoms with Crippen LogP contribution in [0.4, 0.5) is 13.2 Å². The van der Waals surface area contributed by atoms with Crippen LogP contribution in [0.5, 0.6) is 0 Å². The summed E-state index contributed by atoms with van der Waals surface area (Å²) < 4.78 is 46.9. The van der Waals surface area contributed by atoms with Crippen molar-refractivity contribution in [1.29, 1.82) is 21.0 Å². The van der Waals surface area contributed by atoms with Crippen LogP contribution < -0.4 is 0 Å². The van der Waals surface area contributed by atoms with Crippen LogP contribution in [0.25, 0.3) is 66.1 Å². The molecule has 0 saturated heterocycles. The molecule has 0 spiro atoms. The van der Waals surface area contributed by atoms with Gasteiger partial charge in [-0.15, -0.1) is 0 Å². The van der Waals surface area contributed by atoms with E-state index in [0.717, 1.165) is 33.9 Å². The average Bonchev–Trinajstić information content (AvgIpc) is 3.64. The lowest BCUT2D eigenvalue weighted by Gasteiger charge is -2.19. The van der Waals surface area contributed by atoms with Crippen molar-refractivity contribution in [3.05, 3.63) is 137 Å². The molecule has 0 saturated carbocycles. The number of nitrogens with zero attached hydrogens (tertiary/aromatic N) is 7. The molecule has 0 aliphatic heterocycles. The van der Waals surface area contributed by atoms with E-state index in [1.807, 2.05) is 16.7 Å². The van der Waals surface area contributed by atoms with Gasteiger partial charge in [0.2, 0.25) is 0 Å². The smallest absolute Gasteiger partial charge is 0.309 e. The van der Waals surface area contributed by atoms with Gasteiger partial charge in [0.05, 0.1) is 85.5 Å². The molecule has 8 rings (SSSR count). The maximum Gasteiger partial charge on any atom is 0.416 e. The van der Waals surface area contributed by atoms with Gasteiger partial charge < -0.3 is 9.13 Å². The molecule has 0 amide bonds. The minimum Gasteiger partial charge on any atom is -0.309 e. The third-order valence-electron chi connectivity index (χ3n) is 8.94. The molecule has 8 aromatic rings. The maximum absolute atomic E-state index is 14.4. The molecule has 0 aliphatic carbocycles. The lowest BCUT2D eigenvalue weighted by atomic mass is 10.00. The van der Waals surface area contributed by atoms with Crippen molar-refractivity contribution >= 4 is 43.6 Å². The number of fused-ring (bicyclic) bond motifs is 6. The first-order valence-electron chi connectivity index (χ1n) is 15.2. The molecule has 0 N–H and O–H groups in total. The van der Waals surface area contributed by atoms with E-state index in [2.05, 4.69) is 29.3 Å². The van der Waals surface area contributed by atoms with Crippen molar-refractivity contribution in [2.75, 3.05) is 0 Å². The molecule has 0 fully saturated rings. The normalized spacial score (nSPS) is 11.4. The summed E-state index contributed by atoms with van der Waals surface area (Å²) in [5.41, 5.74) is 5.04. The van der Waals surface area contributed by atoms with Crippen molar-refractivity contribution in [2.45, 2.75) is 6.18 Å². The lowest BCUT2D eigenvalue weighted by molar-refractivity contribution is -0.137. The van der Waals surface area contributed by atoms with Crippen LogP contribution in [0.1, 0.15) is 27.8 Å². The van der Waals surface area contributed by atoms with Crippen molar-refractivity contribution in [2.24, 2.45) is 0 Å².